The Labute approximate surface area is 112 Å². The van der Waals surface area contributed by atoms with Crippen LogP contribution in [0.2, 0.25) is 20.4 Å². The van der Waals surface area contributed by atoms with Gasteiger partial charge in [0.05, 0.1) is 10.0 Å². The normalized spacial score (nSPS) is 10.5. The summed E-state index contributed by atoms with van der Waals surface area (Å²) in [6, 6.07) is 6.53. The van der Waals surface area contributed by atoms with E-state index in [0.29, 0.717) is 21.4 Å². The number of rotatable bonds is 1. The predicted molar refractivity (Wildman–Crippen MR) is 67.5 cm³/mol. The van der Waals surface area contributed by atoms with Gasteiger partial charge in [-0.05, 0) is 18.2 Å². The molecule has 0 aliphatic heterocycles. The fourth-order valence-corrected chi connectivity index (χ4v) is 1.88. The smallest absolute Gasteiger partial charge is 0.162 e. The van der Waals surface area contributed by atoms with Gasteiger partial charge < -0.3 is 0 Å². The molecule has 0 aliphatic carbocycles. The molecule has 2 nitrogen and oxygen atoms in total. The van der Waals surface area contributed by atoms with Crippen LogP contribution >= 0.6 is 46.4 Å². The summed E-state index contributed by atoms with van der Waals surface area (Å²) in [5, 5.41) is 1.46. The molecule has 0 bridgehead atoms. The highest BCUT2D eigenvalue weighted by Gasteiger charge is 2.07. The number of nitrogens with zero attached hydrogens (tertiary/aromatic N) is 2. The molecule has 0 unspecified atom stereocenters. The Morgan fingerprint density at radius 1 is 0.750 bits per heavy atom. The van der Waals surface area contributed by atoms with E-state index in [1.54, 1.807) is 18.2 Å². The van der Waals surface area contributed by atoms with E-state index in [9.17, 15) is 0 Å². The predicted octanol–water partition coefficient (Wildman–Crippen LogP) is 4.76. The summed E-state index contributed by atoms with van der Waals surface area (Å²) in [7, 11) is 0. The SMILES string of the molecule is Clc1cc(Cl)nc(-c2ccc(Cl)c(Cl)c2)n1. The second-order valence-electron chi connectivity index (χ2n) is 2.97. The average molecular weight is 294 g/mol. The molecule has 0 fully saturated rings. The van der Waals surface area contributed by atoms with Crippen molar-refractivity contribution < 1.29 is 0 Å². The van der Waals surface area contributed by atoms with E-state index < -0.39 is 0 Å². The van der Waals surface area contributed by atoms with Gasteiger partial charge in [0, 0.05) is 11.6 Å². The number of benzene rings is 1. The lowest BCUT2D eigenvalue weighted by atomic mass is 10.2. The quantitative estimate of drug-likeness (QED) is 0.709. The lowest BCUT2D eigenvalue weighted by molar-refractivity contribution is 1.18. The van der Waals surface area contributed by atoms with Crippen LogP contribution in [0.4, 0.5) is 0 Å². The summed E-state index contributed by atoms with van der Waals surface area (Å²) in [6.45, 7) is 0. The fraction of sp³-hybridized carbons (Fsp3) is 0. The summed E-state index contributed by atoms with van der Waals surface area (Å²) >= 11 is 23.2. The molecule has 1 aromatic heterocycles. The molecule has 0 aliphatic rings. The van der Waals surface area contributed by atoms with Crippen molar-refractivity contribution >= 4 is 46.4 Å². The van der Waals surface area contributed by atoms with Gasteiger partial charge in [-0.1, -0.05) is 46.4 Å². The first-order valence-corrected chi connectivity index (χ1v) is 5.73. The Balaban J connectivity index is 2.54. The molecule has 0 saturated heterocycles. The molecule has 16 heavy (non-hydrogen) atoms. The summed E-state index contributed by atoms with van der Waals surface area (Å²) in [6.07, 6.45) is 0. The highest BCUT2D eigenvalue weighted by Crippen LogP contribution is 2.28. The van der Waals surface area contributed by atoms with Crippen LogP contribution in [0.1, 0.15) is 0 Å². The number of aromatic nitrogens is 2. The van der Waals surface area contributed by atoms with Crippen LogP contribution in [0, 0.1) is 0 Å². The first-order chi connectivity index (χ1) is 7.56. The van der Waals surface area contributed by atoms with Crippen molar-refractivity contribution in [3.63, 3.8) is 0 Å². The maximum Gasteiger partial charge on any atom is 0.162 e. The Bertz CT molecular complexity index is 522. The molecule has 2 rings (SSSR count). The molecule has 0 radical (unpaired) electrons. The van der Waals surface area contributed by atoms with Crippen molar-refractivity contribution in [1.82, 2.24) is 9.97 Å². The Morgan fingerprint density at radius 2 is 1.38 bits per heavy atom. The topological polar surface area (TPSA) is 25.8 Å². The van der Waals surface area contributed by atoms with Gasteiger partial charge in [-0.25, -0.2) is 9.97 Å². The van der Waals surface area contributed by atoms with Crippen LogP contribution in [0.25, 0.3) is 11.4 Å². The lowest BCUT2D eigenvalue weighted by Crippen LogP contribution is -1.90. The lowest BCUT2D eigenvalue weighted by Gasteiger charge is -2.03. The highest BCUT2D eigenvalue weighted by molar-refractivity contribution is 6.42. The largest absolute Gasteiger partial charge is 0.216 e. The second kappa shape index (κ2) is 4.76. The Morgan fingerprint density at radius 3 is 1.94 bits per heavy atom. The van der Waals surface area contributed by atoms with E-state index in [1.807, 2.05) is 0 Å². The van der Waals surface area contributed by atoms with Gasteiger partial charge in [0.1, 0.15) is 10.3 Å². The monoisotopic (exact) mass is 292 g/mol. The zero-order chi connectivity index (χ0) is 11.7. The average Bonchev–Trinajstić information content (AvgIpc) is 2.20. The molecule has 6 heteroatoms. The van der Waals surface area contributed by atoms with Crippen molar-refractivity contribution in [3.05, 3.63) is 44.6 Å². The first kappa shape index (κ1) is 11.9. The van der Waals surface area contributed by atoms with Gasteiger partial charge in [0.2, 0.25) is 0 Å². The van der Waals surface area contributed by atoms with Crippen LogP contribution < -0.4 is 0 Å². The van der Waals surface area contributed by atoms with Crippen LogP contribution in [0.5, 0.6) is 0 Å². The van der Waals surface area contributed by atoms with Crippen LogP contribution in [-0.2, 0) is 0 Å². The van der Waals surface area contributed by atoms with E-state index in [0.717, 1.165) is 0 Å². The zero-order valence-corrected chi connectivity index (χ0v) is 10.7. The summed E-state index contributed by atoms with van der Waals surface area (Å²) in [4.78, 5) is 8.09. The second-order valence-corrected chi connectivity index (χ2v) is 4.55. The van der Waals surface area contributed by atoms with Crippen molar-refractivity contribution in [2.24, 2.45) is 0 Å². The molecular formula is C10H4Cl4N2. The van der Waals surface area contributed by atoms with Gasteiger partial charge in [-0.15, -0.1) is 0 Å². The minimum Gasteiger partial charge on any atom is -0.216 e. The highest BCUT2D eigenvalue weighted by atomic mass is 35.5. The van der Waals surface area contributed by atoms with Crippen LogP contribution in [0.3, 0.4) is 0 Å². The molecule has 0 N–H and O–H groups in total. The first-order valence-electron chi connectivity index (χ1n) is 4.22. The molecule has 0 amide bonds. The standard InChI is InChI=1S/C10H4Cl4N2/c11-6-2-1-5(3-7(6)12)10-15-8(13)4-9(14)16-10/h1-4H. The Hall–Kier alpha value is -0.540. The van der Waals surface area contributed by atoms with E-state index in [1.165, 1.54) is 6.07 Å². The molecule has 2 aromatic rings. The van der Waals surface area contributed by atoms with E-state index in [4.69, 9.17) is 46.4 Å². The van der Waals surface area contributed by atoms with Crippen LogP contribution in [-0.4, -0.2) is 9.97 Å². The van der Waals surface area contributed by atoms with Gasteiger partial charge in [-0.2, -0.15) is 0 Å². The summed E-state index contributed by atoms with van der Waals surface area (Å²) in [5.74, 6) is 0.413. The Kier molecular flexibility index (Phi) is 3.55. The minimum absolute atomic E-state index is 0.279. The molecule has 0 atom stereocenters. The molecule has 1 aromatic carbocycles. The van der Waals surface area contributed by atoms with E-state index >= 15 is 0 Å². The van der Waals surface area contributed by atoms with Gasteiger partial charge in [-0.3, -0.25) is 0 Å². The molecule has 0 spiro atoms. The van der Waals surface area contributed by atoms with E-state index in [-0.39, 0.29) is 10.3 Å². The van der Waals surface area contributed by atoms with Gasteiger partial charge in [0.15, 0.2) is 5.82 Å². The third-order valence-corrected chi connectivity index (χ3v) is 2.97. The summed E-state index contributed by atoms with van der Waals surface area (Å²) < 4.78 is 0. The third kappa shape index (κ3) is 2.58. The van der Waals surface area contributed by atoms with Crippen molar-refractivity contribution in [2.75, 3.05) is 0 Å². The number of halogens is 4. The van der Waals surface area contributed by atoms with Crippen molar-refractivity contribution in [2.45, 2.75) is 0 Å². The maximum atomic E-state index is 5.89. The molecule has 82 valence electrons. The maximum absolute atomic E-state index is 5.89. The molecule has 1 heterocycles. The number of hydrogen-bond acceptors (Lipinski definition) is 2. The van der Waals surface area contributed by atoms with Crippen molar-refractivity contribution in [3.8, 4) is 11.4 Å². The fourth-order valence-electron chi connectivity index (χ4n) is 1.15. The van der Waals surface area contributed by atoms with Gasteiger partial charge in [0.25, 0.3) is 0 Å². The summed E-state index contributed by atoms with van der Waals surface area (Å²) in [5.41, 5.74) is 0.707. The number of hydrogen-bond donors (Lipinski definition) is 0. The van der Waals surface area contributed by atoms with Crippen LogP contribution in [0.15, 0.2) is 24.3 Å². The van der Waals surface area contributed by atoms with E-state index in [2.05, 4.69) is 9.97 Å². The zero-order valence-electron chi connectivity index (χ0n) is 7.72. The third-order valence-electron chi connectivity index (χ3n) is 1.84. The molecule has 0 saturated carbocycles. The van der Waals surface area contributed by atoms with Crippen molar-refractivity contribution in [1.29, 1.82) is 0 Å². The van der Waals surface area contributed by atoms with Gasteiger partial charge >= 0.3 is 0 Å². The minimum atomic E-state index is 0.279. The molecular weight excluding hydrogens is 290 g/mol.